The summed E-state index contributed by atoms with van der Waals surface area (Å²) in [6.07, 6.45) is -0.447. The molecule has 2 aliphatic heterocycles. The molecular weight excluding hydrogens is 317 g/mol. The van der Waals surface area contributed by atoms with E-state index in [0.717, 1.165) is 10.0 Å². The molecule has 1 saturated heterocycles. The van der Waals surface area contributed by atoms with Gasteiger partial charge in [-0.3, -0.25) is 4.90 Å². The van der Waals surface area contributed by atoms with Crippen molar-refractivity contribution in [2.45, 2.75) is 25.2 Å². The average molecular weight is 332 g/mol. The van der Waals surface area contributed by atoms with Crippen LogP contribution in [0.5, 0.6) is 11.5 Å². The number of alkyl halides is 1. The zero-order chi connectivity index (χ0) is 13.4. The normalized spacial score (nSPS) is 26.1. The minimum absolute atomic E-state index is 0.00780. The summed E-state index contributed by atoms with van der Waals surface area (Å²) < 4.78 is 24.9. The SMILES string of the molecule is OC[C@@H]1C[C@H](F)CN1Cc1cc(Br)c2c(c1)OCO2. The highest BCUT2D eigenvalue weighted by molar-refractivity contribution is 9.10. The highest BCUT2D eigenvalue weighted by atomic mass is 79.9. The number of likely N-dealkylation sites (tertiary alicyclic amines) is 1. The second-order valence-corrected chi connectivity index (χ2v) is 5.76. The molecule has 4 nitrogen and oxygen atoms in total. The number of fused-ring (bicyclic) bond motifs is 1. The lowest BCUT2D eigenvalue weighted by Crippen LogP contribution is -2.31. The fraction of sp³-hybridized carbons (Fsp3) is 0.538. The van der Waals surface area contributed by atoms with Crippen molar-refractivity contribution >= 4 is 15.9 Å². The highest BCUT2D eigenvalue weighted by Gasteiger charge is 2.31. The van der Waals surface area contributed by atoms with E-state index in [0.29, 0.717) is 31.0 Å². The number of ether oxygens (including phenoxy) is 2. The zero-order valence-electron chi connectivity index (χ0n) is 10.3. The molecule has 1 N–H and O–H groups in total. The summed E-state index contributed by atoms with van der Waals surface area (Å²) in [5.41, 5.74) is 1.02. The third-order valence-electron chi connectivity index (χ3n) is 3.56. The van der Waals surface area contributed by atoms with E-state index < -0.39 is 6.17 Å². The Morgan fingerprint density at radius 3 is 3.05 bits per heavy atom. The molecule has 0 unspecified atom stereocenters. The van der Waals surface area contributed by atoms with Gasteiger partial charge in [-0.25, -0.2) is 4.39 Å². The van der Waals surface area contributed by atoms with Crippen LogP contribution in [0, 0.1) is 0 Å². The molecule has 2 heterocycles. The van der Waals surface area contributed by atoms with Crippen molar-refractivity contribution in [3.63, 3.8) is 0 Å². The highest BCUT2D eigenvalue weighted by Crippen LogP contribution is 2.40. The van der Waals surface area contributed by atoms with Crippen molar-refractivity contribution in [1.82, 2.24) is 4.90 Å². The first-order valence-corrected chi connectivity index (χ1v) is 7.03. The topological polar surface area (TPSA) is 41.9 Å². The van der Waals surface area contributed by atoms with Crippen LogP contribution < -0.4 is 9.47 Å². The van der Waals surface area contributed by atoms with Gasteiger partial charge in [0.1, 0.15) is 6.17 Å². The van der Waals surface area contributed by atoms with E-state index in [1.165, 1.54) is 0 Å². The molecule has 3 rings (SSSR count). The molecule has 2 atom stereocenters. The van der Waals surface area contributed by atoms with Crippen molar-refractivity contribution < 1.29 is 19.0 Å². The third-order valence-corrected chi connectivity index (χ3v) is 4.15. The molecule has 104 valence electrons. The minimum Gasteiger partial charge on any atom is -0.454 e. The molecule has 1 fully saturated rings. The monoisotopic (exact) mass is 331 g/mol. The van der Waals surface area contributed by atoms with E-state index in [2.05, 4.69) is 15.9 Å². The third kappa shape index (κ3) is 2.57. The Morgan fingerprint density at radius 2 is 2.26 bits per heavy atom. The molecule has 0 amide bonds. The summed E-state index contributed by atoms with van der Waals surface area (Å²) in [7, 11) is 0. The van der Waals surface area contributed by atoms with E-state index in [1.807, 2.05) is 17.0 Å². The molecule has 0 bridgehead atoms. The second kappa shape index (κ2) is 5.26. The molecular formula is C13H15BrFNO3. The van der Waals surface area contributed by atoms with E-state index in [9.17, 15) is 9.50 Å². The number of rotatable bonds is 3. The van der Waals surface area contributed by atoms with Gasteiger partial charge in [-0.15, -0.1) is 0 Å². The quantitative estimate of drug-likeness (QED) is 0.920. The maximum Gasteiger partial charge on any atom is 0.231 e. The van der Waals surface area contributed by atoms with Crippen LogP contribution in [0.25, 0.3) is 0 Å². The van der Waals surface area contributed by atoms with Crippen molar-refractivity contribution in [3.8, 4) is 11.5 Å². The van der Waals surface area contributed by atoms with Gasteiger partial charge < -0.3 is 14.6 Å². The van der Waals surface area contributed by atoms with Gasteiger partial charge >= 0.3 is 0 Å². The fourth-order valence-electron chi connectivity index (χ4n) is 2.65. The molecule has 6 heteroatoms. The summed E-state index contributed by atoms with van der Waals surface area (Å²) in [5.74, 6) is 1.42. The summed E-state index contributed by atoms with van der Waals surface area (Å²) in [4.78, 5) is 1.97. The van der Waals surface area contributed by atoms with Crippen LogP contribution >= 0.6 is 15.9 Å². The molecule has 2 aliphatic rings. The van der Waals surface area contributed by atoms with E-state index in [1.54, 1.807) is 0 Å². The first-order valence-electron chi connectivity index (χ1n) is 6.24. The van der Waals surface area contributed by atoms with Gasteiger partial charge in [-0.1, -0.05) is 0 Å². The lowest BCUT2D eigenvalue weighted by Gasteiger charge is -2.22. The van der Waals surface area contributed by atoms with Crippen LogP contribution in [0.2, 0.25) is 0 Å². The largest absolute Gasteiger partial charge is 0.454 e. The zero-order valence-corrected chi connectivity index (χ0v) is 11.9. The van der Waals surface area contributed by atoms with Crippen LogP contribution in [0.15, 0.2) is 16.6 Å². The number of benzene rings is 1. The predicted octanol–water partition coefficient (Wildman–Crippen LogP) is 2.08. The predicted molar refractivity (Wildman–Crippen MR) is 71.1 cm³/mol. The second-order valence-electron chi connectivity index (χ2n) is 4.91. The lowest BCUT2D eigenvalue weighted by atomic mass is 10.1. The Hall–Kier alpha value is -0.850. The van der Waals surface area contributed by atoms with Gasteiger partial charge in [0, 0.05) is 19.1 Å². The Labute approximate surface area is 119 Å². The van der Waals surface area contributed by atoms with Gasteiger partial charge in [-0.2, -0.15) is 0 Å². The maximum absolute atomic E-state index is 13.4. The Bertz CT molecular complexity index is 485. The van der Waals surface area contributed by atoms with Gasteiger partial charge in [-0.05, 0) is 40.0 Å². The van der Waals surface area contributed by atoms with Gasteiger partial charge in [0.05, 0.1) is 11.1 Å². The molecule has 1 aromatic rings. The van der Waals surface area contributed by atoms with Crippen molar-refractivity contribution in [2.24, 2.45) is 0 Å². The average Bonchev–Trinajstić information content (AvgIpc) is 2.96. The number of halogens is 2. The standard InChI is InChI=1S/C13H15BrFNO3/c14-11-1-8(2-12-13(11)19-7-18-12)4-16-5-9(15)3-10(16)6-17/h1-2,9-10,17H,3-7H2/t9-,10-/m0/s1. The Kier molecular flexibility index (Phi) is 3.64. The minimum atomic E-state index is -0.852. The van der Waals surface area contributed by atoms with Crippen LogP contribution in [0.3, 0.4) is 0 Å². The summed E-state index contributed by atoms with van der Waals surface area (Å²) in [5, 5.41) is 9.28. The summed E-state index contributed by atoms with van der Waals surface area (Å²) >= 11 is 3.44. The van der Waals surface area contributed by atoms with Gasteiger partial charge in [0.25, 0.3) is 0 Å². The number of aliphatic hydroxyl groups is 1. The number of nitrogens with zero attached hydrogens (tertiary/aromatic N) is 1. The molecule has 1 aromatic carbocycles. The van der Waals surface area contributed by atoms with Crippen molar-refractivity contribution in [3.05, 3.63) is 22.2 Å². The smallest absolute Gasteiger partial charge is 0.231 e. The maximum atomic E-state index is 13.4. The Balaban J connectivity index is 1.78. The van der Waals surface area contributed by atoms with E-state index in [-0.39, 0.29) is 19.4 Å². The molecule has 19 heavy (non-hydrogen) atoms. The van der Waals surface area contributed by atoms with Crippen LogP contribution in [-0.2, 0) is 6.54 Å². The van der Waals surface area contributed by atoms with E-state index >= 15 is 0 Å². The van der Waals surface area contributed by atoms with Crippen LogP contribution in [-0.4, -0.2) is 42.2 Å². The molecule has 0 saturated carbocycles. The Morgan fingerprint density at radius 1 is 1.42 bits per heavy atom. The molecule has 0 aromatic heterocycles. The fourth-order valence-corrected chi connectivity index (χ4v) is 3.26. The molecule has 0 radical (unpaired) electrons. The summed E-state index contributed by atoms with van der Waals surface area (Å²) in [6.45, 7) is 1.19. The first kappa shape index (κ1) is 13.1. The van der Waals surface area contributed by atoms with Crippen molar-refractivity contribution in [2.75, 3.05) is 19.9 Å². The number of hydrogen-bond acceptors (Lipinski definition) is 4. The van der Waals surface area contributed by atoms with E-state index in [4.69, 9.17) is 9.47 Å². The first-order chi connectivity index (χ1) is 9.17. The van der Waals surface area contributed by atoms with Gasteiger partial charge in [0.2, 0.25) is 6.79 Å². The molecule has 0 aliphatic carbocycles. The molecule has 0 spiro atoms. The number of aliphatic hydroxyl groups excluding tert-OH is 1. The lowest BCUT2D eigenvalue weighted by molar-refractivity contribution is 0.153. The number of hydrogen-bond donors (Lipinski definition) is 1. The summed E-state index contributed by atoms with van der Waals surface area (Å²) in [6, 6.07) is 3.76. The van der Waals surface area contributed by atoms with Crippen molar-refractivity contribution in [1.29, 1.82) is 0 Å². The van der Waals surface area contributed by atoms with Crippen LogP contribution in [0.4, 0.5) is 4.39 Å². The van der Waals surface area contributed by atoms with Gasteiger partial charge in [0.15, 0.2) is 11.5 Å². The van der Waals surface area contributed by atoms with Crippen LogP contribution in [0.1, 0.15) is 12.0 Å².